The number of rotatable bonds is 5. The quantitative estimate of drug-likeness (QED) is 0.867. The Labute approximate surface area is 108 Å². The molecule has 3 heteroatoms. The standard InChI is InChI=1S/C15H22O3/c1-5-11-7-10(9-13(16)17)8-12(14(11)18)15(3,4)6-2/h7-8,18H,5-6,9H2,1-4H3,(H,16,17)/p-1. The summed E-state index contributed by atoms with van der Waals surface area (Å²) in [7, 11) is 0. The van der Waals surface area contributed by atoms with E-state index in [-0.39, 0.29) is 11.8 Å². The van der Waals surface area contributed by atoms with Crippen LogP contribution in [0.1, 0.15) is 50.8 Å². The van der Waals surface area contributed by atoms with Crippen LogP contribution in [0.5, 0.6) is 5.75 Å². The summed E-state index contributed by atoms with van der Waals surface area (Å²) in [5.41, 5.74) is 2.14. The second-order valence-corrected chi connectivity index (χ2v) is 5.29. The number of carbonyl (C=O) groups excluding carboxylic acids is 1. The molecular weight excluding hydrogens is 228 g/mol. The predicted molar refractivity (Wildman–Crippen MR) is 69.5 cm³/mol. The fraction of sp³-hybridized carbons (Fsp3) is 0.533. The van der Waals surface area contributed by atoms with E-state index in [0.29, 0.717) is 17.7 Å². The molecule has 0 heterocycles. The summed E-state index contributed by atoms with van der Waals surface area (Å²) in [6.07, 6.45) is 1.44. The van der Waals surface area contributed by atoms with Crippen LogP contribution in [0.3, 0.4) is 0 Å². The lowest BCUT2D eigenvalue weighted by molar-refractivity contribution is -0.304. The van der Waals surface area contributed by atoms with Gasteiger partial charge < -0.3 is 15.0 Å². The molecule has 0 aliphatic heterocycles. The second kappa shape index (κ2) is 5.42. The average molecular weight is 249 g/mol. The van der Waals surface area contributed by atoms with E-state index < -0.39 is 5.97 Å². The highest BCUT2D eigenvalue weighted by molar-refractivity contribution is 5.68. The molecule has 0 radical (unpaired) electrons. The second-order valence-electron chi connectivity index (χ2n) is 5.29. The van der Waals surface area contributed by atoms with Crippen LogP contribution in [0.15, 0.2) is 12.1 Å². The molecule has 0 aliphatic carbocycles. The van der Waals surface area contributed by atoms with Crippen LogP contribution in [0, 0.1) is 0 Å². The number of benzene rings is 1. The maximum Gasteiger partial charge on any atom is 0.122 e. The first kappa shape index (κ1) is 14.6. The molecule has 0 saturated heterocycles. The van der Waals surface area contributed by atoms with E-state index in [1.165, 1.54) is 0 Å². The van der Waals surface area contributed by atoms with Crippen LogP contribution in [-0.2, 0) is 23.1 Å². The highest BCUT2D eigenvalue weighted by atomic mass is 16.4. The zero-order chi connectivity index (χ0) is 13.9. The number of hydrogen-bond donors (Lipinski definition) is 1. The Hall–Kier alpha value is -1.51. The Bertz CT molecular complexity index is 447. The van der Waals surface area contributed by atoms with Crippen molar-refractivity contribution in [1.29, 1.82) is 0 Å². The van der Waals surface area contributed by atoms with Gasteiger partial charge in [-0.15, -0.1) is 0 Å². The van der Waals surface area contributed by atoms with E-state index in [1.807, 2.05) is 20.8 Å². The lowest BCUT2D eigenvalue weighted by Crippen LogP contribution is -2.25. The lowest BCUT2D eigenvalue weighted by atomic mass is 9.79. The number of hydrogen-bond acceptors (Lipinski definition) is 3. The van der Waals surface area contributed by atoms with Gasteiger partial charge in [0.15, 0.2) is 0 Å². The summed E-state index contributed by atoms with van der Waals surface area (Å²) < 4.78 is 0. The van der Waals surface area contributed by atoms with Crippen LogP contribution < -0.4 is 5.11 Å². The Balaban J connectivity index is 3.36. The minimum Gasteiger partial charge on any atom is -0.550 e. The van der Waals surface area contributed by atoms with Gasteiger partial charge in [-0.1, -0.05) is 39.8 Å². The van der Waals surface area contributed by atoms with E-state index in [0.717, 1.165) is 17.5 Å². The Kier molecular flexibility index (Phi) is 4.38. The first-order chi connectivity index (χ1) is 8.31. The number of phenolic OH excluding ortho intramolecular Hbond substituents is 1. The molecule has 0 bridgehead atoms. The molecule has 18 heavy (non-hydrogen) atoms. The fourth-order valence-electron chi connectivity index (χ4n) is 2.01. The molecule has 1 aromatic carbocycles. The monoisotopic (exact) mass is 249 g/mol. The average Bonchev–Trinajstić information content (AvgIpc) is 2.30. The predicted octanol–water partition coefficient (Wildman–Crippen LogP) is 1.93. The summed E-state index contributed by atoms with van der Waals surface area (Å²) in [5.74, 6) is -0.797. The summed E-state index contributed by atoms with van der Waals surface area (Å²) >= 11 is 0. The number of carbonyl (C=O) groups is 1. The van der Waals surface area contributed by atoms with Crippen molar-refractivity contribution < 1.29 is 15.0 Å². The Morgan fingerprint density at radius 2 is 1.94 bits per heavy atom. The molecule has 1 aromatic rings. The molecule has 0 amide bonds. The molecular formula is C15H21O3-. The summed E-state index contributed by atoms with van der Waals surface area (Å²) in [6, 6.07) is 3.54. The first-order valence-electron chi connectivity index (χ1n) is 6.36. The van der Waals surface area contributed by atoms with Crippen molar-refractivity contribution >= 4 is 5.97 Å². The molecule has 0 aliphatic rings. The lowest BCUT2D eigenvalue weighted by Gasteiger charge is -2.26. The summed E-state index contributed by atoms with van der Waals surface area (Å²) in [5, 5.41) is 21.0. The van der Waals surface area contributed by atoms with Gasteiger partial charge in [0.05, 0.1) is 0 Å². The van der Waals surface area contributed by atoms with Crippen LogP contribution in [-0.4, -0.2) is 11.1 Å². The van der Waals surface area contributed by atoms with Gasteiger partial charge in [-0.05, 0) is 29.4 Å². The third-order valence-electron chi connectivity index (χ3n) is 3.59. The molecule has 1 N–H and O–H groups in total. The third-order valence-corrected chi connectivity index (χ3v) is 3.59. The molecule has 0 atom stereocenters. The highest BCUT2D eigenvalue weighted by Crippen LogP contribution is 2.37. The number of aliphatic carboxylic acids is 1. The minimum absolute atomic E-state index is 0.111. The molecule has 0 aromatic heterocycles. The van der Waals surface area contributed by atoms with Gasteiger partial charge in [0.1, 0.15) is 5.75 Å². The summed E-state index contributed by atoms with van der Waals surface area (Å²) in [4.78, 5) is 10.7. The molecule has 0 fully saturated rings. The third kappa shape index (κ3) is 3.03. The van der Waals surface area contributed by atoms with Crippen molar-refractivity contribution in [3.8, 4) is 5.75 Å². The van der Waals surface area contributed by atoms with Crippen molar-refractivity contribution in [2.75, 3.05) is 0 Å². The van der Waals surface area contributed by atoms with E-state index in [9.17, 15) is 15.0 Å². The molecule has 100 valence electrons. The molecule has 3 nitrogen and oxygen atoms in total. The van der Waals surface area contributed by atoms with Gasteiger partial charge in [0, 0.05) is 18.0 Å². The largest absolute Gasteiger partial charge is 0.550 e. The van der Waals surface area contributed by atoms with Crippen LogP contribution in [0.4, 0.5) is 0 Å². The van der Waals surface area contributed by atoms with E-state index in [1.54, 1.807) is 12.1 Å². The van der Waals surface area contributed by atoms with Crippen LogP contribution in [0.25, 0.3) is 0 Å². The maximum absolute atomic E-state index is 10.7. The molecule has 0 unspecified atom stereocenters. The van der Waals surface area contributed by atoms with Gasteiger partial charge in [0.2, 0.25) is 0 Å². The fourth-order valence-corrected chi connectivity index (χ4v) is 2.01. The topological polar surface area (TPSA) is 60.4 Å². The van der Waals surface area contributed by atoms with Crippen LogP contribution >= 0.6 is 0 Å². The maximum atomic E-state index is 10.7. The van der Waals surface area contributed by atoms with Gasteiger partial charge in [-0.3, -0.25) is 0 Å². The Morgan fingerprint density at radius 3 is 2.39 bits per heavy atom. The molecule has 0 saturated carbocycles. The zero-order valence-corrected chi connectivity index (χ0v) is 11.5. The first-order valence-corrected chi connectivity index (χ1v) is 6.36. The van der Waals surface area contributed by atoms with Crippen molar-refractivity contribution in [2.24, 2.45) is 0 Å². The van der Waals surface area contributed by atoms with Crippen molar-refractivity contribution in [1.82, 2.24) is 0 Å². The number of aryl methyl sites for hydroxylation is 1. The Morgan fingerprint density at radius 1 is 1.33 bits per heavy atom. The highest BCUT2D eigenvalue weighted by Gasteiger charge is 2.23. The van der Waals surface area contributed by atoms with E-state index in [2.05, 4.69) is 6.92 Å². The van der Waals surface area contributed by atoms with E-state index >= 15 is 0 Å². The number of carboxylic acid groups (broad SMARTS) is 1. The van der Waals surface area contributed by atoms with Crippen molar-refractivity contribution in [3.63, 3.8) is 0 Å². The molecule has 1 rings (SSSR count). The normalized spacial score (nSPS) is 11.6. The zero-order valence-electron chi connectivity index (χ0n) is 11.5. The van der Waals surface area contributed by atoms with Crippen LogP contribution in [0.2, 0.25) is 0 Å². The SMILES string of the molecule is CCc1cc(CC(=O)[O-])cc(C(C)(C)CC)c1O. The van der Waals surface area contributed by atoms with Crippen molar-refractivity contribution in [3.05, 3.63) is 28.8 Å². The summed E-state index contributed by atoms with van der Waals surface area (Å²) in [6.45, 7) is 8.09. The van der Waals surface area contributed by atoms with Gasteiger partial charge in [-0.2, -0.15) is 0 Å². The smallest absolute Gasteiger partial charge is 0.122 e. The number of carboxylic acids is 1. The molecule has 0 spiro atoms. The van der Waals surface area contributed by atoms with E-state index in [4.69, 9.17) is 0 Å². The van der Waals surface area contributed by atoms with Gasteiger partial charge in [0.25, 0.3) is 0 Å². The number of aromatic hydroxyl groups is 1. The number of phenols is 1. The minimum atomic E-state index is -1.09. The van der Waals surface area contributed by atoms with Gasteiger partial charge in [-0.25, -0.2) is 0 Å². The van der Waals surface area contributed by atoms with Crippen molar-refractivity contribution in [2.45, 2.75) is 52.4 Å². The van der Waals surface area contributed by atoms with Gasteiger partial charge >= 0.3 is 0 Å².